The molecule has 134 valence electrons. The molecule has 2 N–H and O–H groups in total. The maximum absolute atomic E-state index is 13.7. The van der Waals surface area contributed by atoms with Crippen LogP contribution in [-0.4, -0.2) is 36.2 Å². The van der Waals surface area contributed by atoms with Crippen molar-refractivity contribution in [2.24, 2.45) is 0 Å². The summed E-state index contributed by atoms with van der Waals surface area (Å²) in [6, 6.07) is 4.39. The number of aryl methyl sites for hydroxylation is 2. The van der Waals surface area contributed by atoms with Crippen molar-refractivity contribution in [1.82, 2.24) is 5.32 Å². The van der Waals surface area contributed by atoms with Crippen LogP contribution in [0.3, 0.4) is 0 Å². The van der Waals surface area contributed by atoms with E-state index in [1.807, 2.05) is 0 Å². The summed E-state index contributed by atoms with van der Waals surface area (Å²) in [6.07, 6.45) is -5.17. The number of carbonyl (C=O) groups is 2. The topological polar surface area (TPSA) is 67.4 Å². The summed E-state index contributed by atoms with van der Waals surface area (Å²) in [5.74, 6) is -3.58. The van der Waals surface area contributed by atoms with Crippen molar-refractivity contribution in [3.8, 4) is 0 Å². The number of halogens is 4. The molecule has 5 nitrogen and oxygen atoms in total. The van der Waals surface area contributed by atoms with E-state index in [9.17, 15) is 22.8 Å². The third kappa shape index (κ3) is 4.31. The van der Waals surface area contributed by atoms with E-state index >= 15 is 0 Å². The van der Waals surface area contributed by atoms with Gasteiger partial charge in [0.1, 0.15) is 5.88 Å². The number of benzene rings is 1. The monoisotopic (exact) mass is 366 g/mol. The summed E-state index contributed by atoms with van der Waals surface area (Å²) in [4.78, 5) is 23.6. The normalized spacial score (nSPS) is 13.8. The van der Waals surface area contributed by atoms with Gasteiger partial charge in [-0.05, 0) is 44.0 Å². The number of nitrogens with one attached hydrogen (secondary N) is 2. The molecule has 1 unspecified atom stereocenters. The van der Waals surface area contributed by atoms with Crippen molar-refractivity contribution in [1.29, 1.82) is 0 Å². The first-order chi connectivity index (χ1) is 11.1. The van der Waals surface area contributed by atoms with Gasteiger partial charge in [-0.3, -0.25) is 4.79 Å². The number of hydrogen-bond donors (Lipinski definition) is 2. The lowest BCUT2D eigenvalue weighted by molar-refractivity contribution is -0.207. The molecule has 24 heavy (non-hydrogen) atoms. The molecule has 1 aromatic carbocycles. The fraction of sp³-hybridized carbons (Fsp3) is 0.467. The molecule has 0 spiro atoms. The van der Waals surface area contributed by atoms with Crippen LogP contribution in [0.1, 0.15) is 18.1 Å². The second kappa shape index (κ2) is 7.74. The van der Waals surface area contributed by atoms with Crippen molar-refractivity contribution in [2.75, 3.05) is 17.8 Å². The number of ether oxygens (including phenoxy) is 1. The first-order valence-corrected chi connectivity index (χ1v) is 7.57. The highest BCUT2D eigenvalue weighted by Crippen LogP contribution is 2.33. The predicted octanol–water partition coefficient (Wildman–Crippen LogP) is 2.89. The summed E-state index contributed by atoms with van der Waals surface area (Å²) in [7, 11) is 0. The van der Waals surface area contributed by atoms with Crippen LogP contribution in [0.4, 0.5) is 18.9 Å². The molecule has 0 saturated heterocycles. The second-order valence-electron chi connectivity index (χ2n) is 5.07. The summed E-state index contributed by atoms with van der Waals surface area (Å²) < 4.78 is 45.6. The van der Waals surface area contributed by atoms with Crippen molar-refractivity contribution < 1.29 is 27.5 Å². The molecule has 0 aliphatic carbocycles. The summed E-state index contributed by atoms with van der Waals surface area (Å²) in [5, 5.41) is 3.67. The van der Waals surface area contributed by atoms with E-state index in [1.165, 1.54) is 19.1 Å². The Labute approximate surface area is 142 Å². The number of anilines is 1. The molecule has 1 aromatic rings. The maximum Gasteiger partial charge on any atom is 0.441 e. The van der Waals surface area contributed by atoms with Gasteiger partial charge in [0.15, 0.2) is 0 Å². The molecule has 0 aliphatic heterocycles. The van der Waals surface area contributed by atoms with Gasteiger partial charge in [-0.2, -0.15) is 13.2 Å². The first kappa shape index (κ1) is 20.1. The van der Waals surface area contributed by atoms with E-state index in [1.54, 1.807) is 25.2 Å². The highest BCUT2D eigenvalue weighted by Gasteiger charge is 2.63. The number of esters is 1. The molecule has 0 aliphatic rings. The molecular formula is C15H18ClF3N2O3. The van der Waals surface area contributed by atoms with Gasteiger partial charge in [-0.25, -0.2) is 4.79 Å². The number of hydrogen-bond acceptors (Lipinski definition) is 4. The Morgan fingerprint density at radius 1 is 1.21 bits per heavy atom. The number of carbonyl (C=O) groups excluding carboxylic acids is 2. The van der Waals surface area contributed by atoms with Crippen molar-refractivity contribution in [2.45, 2.75) is 32.6 Å². The Kier molecular flexibility index (Phi) is 6.48. The lowest BCUT2D eigenvalue weighted by Gasteiger charge is -2.35. The molecule has 1 rings (SSSR count). The fourth-order valence-corrected chi connectivity index (χ4v) is 1.98. The van der Waals surface area contributed by atoms with Gasteiger partial charge in [0.25, 0.3) is 0 Å². The molecule has 1 amide bonds. The molecular weight excluding hydrogens is 349 g/mol. The zero-order valence-electron chi connectivity index (χ0n) is 13.4. The molecule has 0 heterocycles. The quantitative estimate of drug-likeness (QED) is 0.461. The molecule has 0 aromatic heterocycles. The van der Waals surface area contributed by atoms with E-state index in [2.05, 4.69) is 10.1 Å². The van der Waals surface area contributed by atoms with Gasteiger partial charge in [0.05, 0.1) is 6.61 Å². The van der Waals surface area contributed by atoms with Crippen LogP contribution in [0.2, 0.25) is 0 Å². The summed E-state index contributed by atoms with van der Waals surface area (Å²) in [5.41, 5.74) is -1.86. The Morgan fingerprint density at radius 3 is 2.29 bits per heavy atom. The van der Waals surface area contributed by atoms with Crippen LogP contribution in [0, 0.1) is 13.8 Å². The van der Waals surface area contributed by atoms with Crippen LogP contribution in [0.5, 0.6) is 0 Å². The molecule has 1 atom stereocenters. The van der Waals surface area contributed by atoms with Gasteiger partial charge < -0.3 is 15.4 Å². The summed E-state index contributed by atoms with van der Waals surface area (Å²) in [6.45, 7) is 4.56. The number of amides is 1. The van der Waals surface area contributed by atoms with Gasteiger partial charge in [0, 0.05) is 5.69 Å². The van der Waals surface area contributed by atoms with Crippen LogP contribution >= 0.6 is 11.6 Å². The second-order valence-corrected chi connectivity index (χ2v) is 5.34. The van der Waals surface area contributed by atoms with E-state index < -0.39 is 29.6 Å². The zero-order chi connectivity index (χ0) is 18.5. The smallest absolute Gasteiger partial charge is 0.441 e. The van der Waals surface area contributed by atoms with Crippen molar-refractivity contribution in [3.63, 3.8) is 0 Å². The van der Waals surface area contributed by atoms with E-state index in [0.29, 0.717) is 5.56 Å². The molecule has 0 fully saturated rings. The standard InChI is InChI=1S/C15H18ClF3N2O3/c1-4-24-13(23)14(15(17,18)19,21-12(22)8-16)20-11-6-5-9(2)10(3)7-11/h5-7,20H,4,8H2,1-3H3,(H,21,22). The van der Waals surface area contributed by atoms with Gasteiger partial charge >= 0.3 is 17.8 Å². The molecule has 0 saturated carbocycles. The lowest BCUT2D eigenvalue weighted by Crippen LogP contribution is -2.69. The Balaban J connectivity index is 3.39. The van der Waals surface area contributed by atoms with Gasteiger partial charge in [-0.1, -0.05) is 6.07 Å². The lowest BCUT2D eigenvalue weighted by atomic mass is 10.1. The maximum atomic E-state index is 13.7. The van der Waals surface area contributed by atoms with E-state index in [4.69, 9.17) is 11.6 Å². The third-order valence-corrected chi connectivity index (χ3v) is 3.54. The zero-order valence-corrected chi connectivity index (χ0v) is 14.1. The Hall–Kier alpha value is -1.96. The van der Waals surface area contributed by atoms with Crippen molar-refractivity contribution in [3.05, 3.63) is 29.3 Å². The highest BCUT2D eigenvalue weighted by atomic mass is 35.5. The van der Waals surface area contributed by atoms with Gasteiger partial charge in [-0.15, -0.1) is 11.6 Å². The van der Waals surface area contributed by atoms with Crippen LogP contribution in [0.25, 0.3) is 0 Å². The average molecular weight is 367 g/mol. The largest absolute Gasteiger partial charge is 0.463 e. The van der Waals surface area contributed by atoms with Crippen LogP contribution < -0.4 is 10.6 Å². The number of rotatable bonds is 6. The predicted molar refractivity (Wildman–Crippen MR) is 83.8 cm³/mol. The van der Waals surface area contributed by atoms with Crippen molar-refractivity contribution >= 4 is 29.2 Å². The fourth-order valence-electron chi connectivity index (χ4n) is 1.91. The number of alkyl halides is 4. The molecule has 9 heteroatoms. The minimum atomic E-state index is -5.17. The molecule has 0 radical (unpaired) electrons. The van der Waals surface area contributed by atoms with E-state index in [-0.39, 0.29) is 12.3 Å². The van der Waals surface area contributed by atoms with E-state index in [0.717, 1.165) is 5.56 Å². The Morgan fingerprint density at radius 2 is 1.83 bits per heavy atom. The minimum Gasteiger partial charge on any atom is -0.463 e. The Bertz CT molecular complexity index is 622. The average Bonchev–Trinajstić information content (AvgIpc) is 2.49. The molecule has 0 bridgehead atoms. The first-order valence-electron chi connectivity index (χ1n) is 7.03. The van der Waals surface area contributed by atoms with Gasteiger partial charge in [0.2, 0.25) is 5.91 Å². The van der Waals surface area contributed by atoms with Crippen LogP contribution in [-0.2, 0) is 14.3 Å². The van der Waals surface area contributed by atoms with Crippen LogP contribution in [0.15, 0.2) is 18.2 Å². The summed E-state index contributed by atoms with van der Waals surface area (Å²) >= 11 is 5.28. The SMILES string of the molecule is CCOC(=O)C(NC(=O)CCl)(Nc1ccc(C)c(C)c1)C(F)(F)F. The third-order valence-electron chi connectivity index (χ3n) is 3.29. The minimum absolute atomic E-state index is 0.00153. The highest BCUT2D eigenvalue weighted by molar-refractivity contribution is 6.27.